The third kappa shape index (κ3) is 3.13. The summed E-state index contributed by atoms with van der Waals surface area (Å²) in [7, 11) is 0. The molecule has 1 aromatic rings. The van der Waals surface area contributed by atoms with Crippen LogP contribution < -0.4 is 5.32 Å². The van der Waals surface area contributed by atoms with Gasteiger partial charge in [-0.2, -0.15) is 0 Å². The van der Waals surface area contributed by atoms with Crippen molar-refractivity contribution in [1.82, 2.24) is 5.32 Å². The second-order valence-corrected chi connectivity index (χ2v) is 11.1. The predicted molar refractivity (Wildman–Crippen MR) is 120 cm³/mol. The van der Waals surface area contributed by atoms with Crippen LogP contribution in [0.4, 0.5) is 0 Å². The van der Waals surface area contributed by atoms with E-state index in [1.807, 2.05) is 24.3 Å². The number of amides is 1. The highest BCUT2D eigenvalue weighted by molar-refractivity contribution is 5.98. The molecular weight excluding hydrogens is 386 g/mol. The van der Waals surface area contributed by atoms with Crippen LogP contribution in [-0.2, 0) is 4.79 Å². The zero-order valence-electron chi connectivity index (χ0n) is 18.9. The fraction of sp³-hybridized carbons (Fsp3) is 0.630. The number of carbonyl (C=O) groups excluding carboxylic acids is 2. The van der Waals surface area contributed by atoms with Gasteiger partial charge in [-0.25, -0.2) is 0 Å². The van der Waals surface area contributed by atoms with Crippen LogP contribution in [0.15, 0.2) is 36.4 Å². The first-order valence-electron chi connectivity index (χ1n) is 12.1. The third-order valence-electron chi connectivity index (χ3n) is 9.68. The van der Waals surface area contributed by atoms with Gasteiger partial charge in [-0.1, -0.05) is 44.2 Å². The maximum absolute atomic E-state index is 13.6. The van der Waals surface area contributed by atoms with Crippen LogP contribution in [0.25, 0.3) is 0 Å². The summed E-state index contributed by atoms with van der Waals surface area (Å²) in [6, 6.07) is 7.81. The molecule has 1 heterocycles. The summed E-state index contributed by atoms with van der Waals surface area (Å²) in [4.78, 5) is 25.5. The van der Waals surface area contributed by atoms with Gasteiger partial charge >= 0.3 is 0 Å². The van der Waals surface area contributed by atoms with E-state index in [2.05, 4.69) is 25.2 Å². The van der Waals surface area contributed by atoms with E-state index >= 15 is 0 Å². The summed E-state index contributed by atoms with van der Waals surface area (Å²) in [6.07, 6.45) is 9.96. The average Bonchev–Trinajstić information content (AvgIpc) is 3.11. The molecule has 1 aliphatic heterocycles. The van der Waals surface area contributed by atoms with Crippen molar-refractivity contribution in [1.29, 1.82) is 0 Å². The van der Waals surface area contributed by atoms with Crippen molar-refractivity contribution in [3.63, 3.8) is 0 Å². The molecule has 3 aliphatic carbocycles. The van der Waals surface area contributed by atoms with Gasteiger partial charge in [0.15, 0.2) is 5.78 Å². The molecule has 4 aliphatic rings. The lowest BCUT2D eigenvalue weighted by Crippen LogP contribution is -2.59. The second-order valence-electron chi connectivity index (χ2n) is 11.1. The number of ketones is 1. The van der Waals surface area contributed by atoms with E-state index in [9.17, 15) is 14.7 Å². The summed E-state index contributed by atoms with van der Waals surface area (Å²) in [5.74, 6) is 2.22. The molecule has 2 N–H and O–H groups in total. The van der Waals surface area contributed by atoms with Crippen LogP contribution in [0, 0.1) is 34.5 Å². The third-order valence-corrected chi connectivity index (χ3v) is 9.68. The van der Waals surface area contributed by atoms with Gasteiger partial charge in [0.05, 0.1) is 6.10 Å². The van der Waals surface area contributed by atoms with Gasteiger partial charge in [0.1, 0.15) is 0 Å². The lowest BCUT2D eigenvalue weighted by atomic mass is 9.47. The Morgan fingerprint density at radius 1 is 1.06 bits per heavy atom. The van der Waals surface area contributed by atoms with Gasteiger partial charge < -0.3 is 10.4 Å². The maximum Gasteiger partial charge on any atom is 0.243 e. The second kappa shape index (κ2) is 7.30. The first kappa shape index (κ1) is 20.9. The van der Waals surface area contributed by atoms with Gasteiger partial charge in [0, 0.05) is 22.9 Å². The molecule has 3 fully saturated rings. The van der Waals surface area contributed by atoms with Crippen molar-refractivity contribution in [3.8, 4) is 0 Å². The van der Waals surface area contributed by atoms with Crippen molar-refractivity contribution in [2.75, 3.05) is 0 Å². The minimum absolute atomic E-state index is 0.0388. The molecule has 0 aromatic heterocycles. The summed E-state index contributed by atoms with van der Waals surface area (Å²) < 4.78 is 0. The van der Waals surface area contributed by atoms with Crippen molar-refractivity contribution >= 4 is 11.7 Å². The Balaban J connectivity index is 1.39. The van der Waals surface area contributed by atoms with E-state index in [-0.39, 0.29) is 34.5 Å². The molecule has 5 rings (SSSR count). The Morgan fingerprint density at radius 3 is 2.52 bits per heavy atom. The highest BCUT2D eigenvalue weighted by Crippen LogP contribution is 2.65. The summed E-state index contributed by atoms with van der Waals surface area (Å²) in [5.41, 5.74) is 1.74. The number of carbonyl (C=O) groups is 2. The van der Waals surface area contributed by atoms with Crippen LogP contribution in [0.1, 0.15) is 81.3 Å². The molecule has 8 atom stereocenters. The van der Waals surface area contributed by atoms with Crippen LogP contribution in [0.3, 0.4) is 0 Å². The topological polar surface area (TPSA) is 66.4 Å². The normalized spacial score (nSPS) is 42.2. The van der Waals surface area contributed by atoms with E-state index in [1.54, 1.807) is 13.0 Å². The van der Waals surface area contributed by atoms with E-state index in [0.29, 0.717) is 17.8 Å². The minimum Gasteiger partial charge on any atom is -0.389 e. The largest absolute Gasteiger partial charge is 0.389 e. The van der Waals surface area contributed by atoms with Gasteiger partial charge in [-0.05, 0) is 80.3 Å². The molecule has 1 amide bonds. The quantitative estimate of drug-likeness (QED) is 0.687. The first-order valence-corrected chi connectivity index (χ1v) is 12.1. The number of benzene rings is 1. The van der Waals surface area contributed by atoms with Crippen LogP contribution >= 0.6 is 0 Å². The molecule has 1 unspecified atom stereocenters. The first-order chi connectivity index (χ1) is 14.7. The lowest BCUT2D eigenvalue weighted by molar-refractivity contribution is -0.122. The van der Waals surface area contributed by atoms with Gasteiger partial charge in [0.25, 0.3) is 0 Å². The van der Waals surface area contributed by atoms with Crippen molar-refractivity contribution < 1.29 is 14.7 Å². The Bertz CT molecular complexity index is 919. The predicted octanol–water partition coefficient (Wildman–Crippen LogP) is 4.84. The zero-order valence-corrected chi connectivity index (χ0v) is 18.9. The number of aliphatic hydroxyl groups excluding tert-OH is 1. The zero-order chi connectivity index (χ0) is 22.0. The molecule has 4 heteroatoms. The Hall–Kier alpha value is -1.94. The summed E-state index contributed by atoms with van der Waals surface area (Å²) in [5, 5.41) is 13.0. The Morgan fingerprint density at radius 2 is 1.81 bits per heavy atom. The van der Waals surface area contributed by atoms with Crippen LogP contribution in [0.5, 0.6) is 0 Å². The molecule has 31 heavy (non-hydrogen) atoms. The smallest absolute Gasteiger partial charge is 0.243 e. The van der Waals surface area contributed by atoms with E-state index < -0.39 is 6.10 Å². The van der Waals surface area contributed by atoms with Crippen molar-refractivity contribution in [2.24, 2.45) is 34.5 Å². The number of hydrogen-bond donors (Lipinski definition) is 2. The van der Waals surface area contributed by atoms with Crippen LogP contribution in [-0.4, -0.2) is 22.8 Å². The maximum atomic E-state index is 13.6. The molecular formula is C27H35NO3. The molecule has 0 radical (unpaired) electrons. The lowest BCUT2D eigenvalue weighted by Gasteiger charge is -2.58. The summed E-state index contributed by atoms with van der Waals surface area (Å²) in [6.45, 7) is 6.47. The minimum atomic E-state index is -0.511. The molecule has 0 saturated heterocycles. The standard InChI is InChI=1S/C27H35NO3/c1-16(29)17-4-6-18(7-5-17)25(31)22-10-9-20-19-8-11-23-27(3,15-13-24(30)28-23)21(19)12-14-26(20,22)2/h4-7,13,15-16,19-23,29H,8-12,14H2,1-3H3,(H,28,30)/t16?,19-,20-,21-,22+,23+,26-,27+/m0/s1. The van der Waals surface area contributed by atoms with Crippen molar-refractivity contribution in [3.05, 3.63) is 47.5 Å². The van der Waals surface area contributed by atoms with E-state index in [4.69, 9.17) is 0 Å². The number of aliphatic hydroxyl groups is 1. The van der Waals surface area contributed by atoms with Crippen LogP contribution in [0.2, 0.25) is 0 Å². The Labute approximate surface area is 185 Å². The molecule has 166 valence electrons. The monoisotopic (exact) mass is 421 g/mol. The molecule has 0 spiro atoms. The number of rotatable bonds is 3. The SMILES string of the molecule is CC(O)c1ccc(C(=O)[C@H]2CC[C@H]3[C@@H]4CC[C@H]5NC(=O)C=C[C@]5(C)[C@H]4CC[C@]23C)cc1. The number of nitrogens with one attached hydrogen (secondary N) is 1. The number of hydrogen-bond acceptors (Lipinski definition) is 3. The van der Waals surface area contributed by atoms with E-state index in [1.165, 1.54) is 0 Å². The molecule has 1 aromatic carbocycles. The van der Waals surface area contributed by atoms with Crippen molar-refractivity contribution in [2.45, 2.75) is 71.4 Å². The molecule has 4 nitrogen and oxygen atoms in total. The van der Waals surface area contributed by atoms with Gasteiger partial charge in [0.2, 0.25) is 5.91 Å². The fourth-order valence-corrected chi connectivity index (χ4v) is 7.89. The van der Waals surface area contributed by atoms with E-state index in [0.717, 1.165) is 49.7 Å². The van der Waals surface area contributed by atoms with Gasteiger partial charge in [-0.3, -0.25) is 9.59 Å². The Kier molecular flexibility index (Phi) is 4.93. The molecule has 3 saturated carbocycles. The number of Topliss-reactive ketones (excluding diaryl/α,β-unsaturated/α-hetero) is 1. The average molecular weight is 422 g/mol. The summed E-state index contributed by atoms with van der Waals surface area (Å²) >= 11 is 0. The van der Waals surface area contributed by atoms with Gasteiger partial charge in [-0.15, -0.1) is 0 Å². The highest BCUT2D eigenvalue weighted by Gasteiger charge is 2.60. The molecule has 0 bridgehead atoms. The fourth-order valence-electron chi connectivity index (χ4n) is 7.89. The number of fused-ring (bicyclic) bond motifs is 5. The highest BCUT2D eigenvalue weighted by atomic mass is 16.3.